The molecule has 0 spiro atoms. The highest BCUT2D eigenvalue weighted by atomic mass is 16.5. The second-order valence-corrected chi connectivity index (χ2v) is 6.77. The highest BCUT2D eigenvalue weighted by molar-refractivity contribution is 5.91. The van der Waals surface area contributed by atoms with E-state index < -0.39 is 0 Å². The summed E-state index contributed by atoms with van der Waals surface area (Å²) in [5, 5.41) is 0. The van der Waals surface area contributed by atoms with Crippen LogP contribution in [-0.2, 0) is 14.3 Å². The van der Waals surface area contributed by atoms with Crippen molar-refractivity contribution in [1.29, 1.82) is 0 Å². The van der Waals surface area contributed by atoms with Crippen molar-refractivity contribution >= 4 is 18.0 Å². The van der Waals surface area contributed by atoms with E-state index >= 15 is 0 Å². The van der Waals surface area contributed by atoms with Crippen LogP contribution in [0.1, 0.15) is 50.5 Å². The van der Waals surface area contributed by atoms with Gasteiger partial charge in [0.05, 0.1) is 12.5 Å². The molecule has 1 aromatic heterocycles. The topological polar surface area (TPSA) is 59.8 Å². The number of piperidine rings is 1. The van der Waals surface area contributed by atoms with Crippen LogP contribution in [0.2, 0.25) is 0 Å². The molecule has 1 amide bonds. The Balaban J connectivity index is 1.55. The van der Waals surface area contributed by atoms with E-state index in [1.807, 2.05) is 12.1 Å². The van der Waals surface area contributed by atoms with Crippen molar-refractivity contribution in [3.8, 4) is 0 Å². The molecule has 5 heteroatoms. The lowest BCUT2D eigenvalue weighted by molar-refractivity contribution is -0.150. The first-order chi connectivity index (χ1) is 11.6. The van der Waals surface area contributed by atoms with Crippen LogP contribution in [0, 0.1) is 11.8 Å². The Labute approximate surface area is 142 Å². The number of ether oxygens (including phenoxy) is 1. The molecule has 1 saturated heterocycles. The number of amides is 1. The fourth-order valence-electron chi connectivity index (χ4n) is 3.26. The number of rotatable bonds is 5. The standard InChI is InChI=1S/C19H25NO4/c1-3-23-19(22)14-5-4-10-20(12-14)18(21)9-7-15-6-8-17(24-15)16-11-13(16)2/h6-9,13-14,16H,3-5,10-12H2,1-2H3/b9-7+. The molecule has 2 fully saturated rings. The molecule has 0 radical (unpaired) electrons. The largest absolute Gasteiger partial charge is 0.466 e. The van der Waals surface area contributed by atoms with E-state index in [0.717, 1.165) is 18.6 Å². The van der Waals surface area contributed by atoms with Crippen LogP contribution in [0.15, 0.2) is 22.6 Å². The Kier molecular flexibility index (Phi) is 5.07. The summed E-state index contributed by atoms with van der Waals surface area (Å²) in [5.41, 5.74) is 0. The third-order valence-corrected chi connectivity index (χ3v) is 4.87. The van der Waals surface area contributed by atoms with E-state index in [4.69, 9.17) is 9.15 Å². The minimum atomic E-state index is -0.206. The molecule has 0 N–H and O–H groups in total. The van der Waals surface area contributed by atoms with Crippen LogP contribution in [0.3, 0.4) is 0 Å². The van der Waals surface area contributed by atoms with Gasteiger partial charge in [-0.25, -0.2) is 0 Å². The van der Waals surface area contributed by atoms with Gasteiger partial charge in [-0.1, -0.05) is 6.92 Å². The number of hydrogen-bond acceptors (Lipinski definition) is 4. The lowest BCUT2D eigenvalue weighted by Crippen LogP contribution is -2.42. The Morgan fingerprint density at radius 2 is 2.21 bits per heavy atom. The minimum absolute atomic E-state index is 0.0817. The van der Waals surface area contributed by atoms with Crippen molar-refractivity contribution in [2.75, 3.05) is 19.7 Å². The normalized spacial score (nSPS) is 26.6. The first-order valence-electron chi connectivity index (χ1n) is 8.81. The van der Waals surface area contributed by atoms with Gasteiger partial charge in [-0.15, -0.1) is 0 Å². The first-order valence-corrected chi connectivity index (χ1v) is 8.81. The Morgan fingerprint density at radius 1 is 1.42 bits per heavy atom. The fourth-order valence-corrected chi connectivity index (χ4v) is 3.26. The zero-order valence-electron chi connectivity index (χ0n) is 14.4. The summed E-state index contributed by atoms with van der Waals surface area (Å²) in [6.45, 7) is 5.51. The number of carbonyl (C=O) groups excluding carboxylic acids is 2. The van der Waals surface area contributed by atoms with Gasteiger partial charge in [0.2, 0.25) is 5.91 Å². The van der Waals surface area contributed by atoms with Gasteiger partial charge >= 0.3 is 5.97 Å². The molecule has 0 aromatic carbocycles. The van der Waals surface area contributed by atoms with E-state index in [0.29, 0.717) is 37.3 Å². The number of esters is 1. The number of hydrogen-bond donors (Lipinski definition) is 0. The summed E-state index contributed by atoms with van der Waals surface area (Å²) in [4.78, 5) is 25.9. The van der Waals surface area contributed by atoms with Crippen molar-refractivity contribution in [2.45, 2.75) is 39.0 Å². The predicted octanol–water partition coefficient (Wildman–Crippen LogP) is 3.22. The number of nitrogens with zero attached hydrogens (tertiary/aromatic N) is 1. The average Bonchev–Trinajstić information content (AvgIpc) is 3.13. The van der Waals surface area contributed by atoms with Crippen LogP contribution in [0.5, 0.6) is 0 Å². The third kappa shape index (κ3) is 3.89. The lowest BCUT2D eigenvalue weighted by Gasteiger charge is -2.30. The molecule has 1 aliphatic carbocycles. The van der Waals surface area contributed by atoms with Gasteiger partial charge < -0.3 is 14.1 Å². The second-order valence-electron chi connectivity index (χ2n) is 6.77. The van der Waals surface area contributed by atoms with Crippen molar-refractivity contribution < 1.29 is 18.7 Å². The van der Waals surface area contributed by atoms with E-state index in [1.54, 1.807) is 17.9 Å². The molecule has 0 bridgehead atoms. The SMILES string of the molecule is CCOC(=O)C1CCCN(C(=O)/C=C/c2ccc(C3CC3C)o2)C1. The van der Waals surface area contributed by atoms with Gasteiger partial charge in [-0.3, -0.25) is 9.59 Å². The van der Waals surface area contributed by atoms with Crippen molar-refractivity contribution in [1.82, 2.24) is 4.90 Å². The van der Waals surface area contributed by atoms with Gasteiger partial charge in [0.25, 0.3) is 0 Å². The molecule has 2 heterocycles. The summed E-state index contributed by atoms with van der Waals surface area (Å²) >= 11 is 0. The molecule has 130 valence electrons. The Morgan fingerprint density at radius 3 is 2.92 bits per heavy atom. The van der Waals surface area contributed by atoms with Gasteiger partial charge in [0.1, 0.15) is 11.5 Å². The van der Waals surface area contributed by atoms with Crippen molar-refractivity contribution in [2.24, 2.45) is 11.8 Å². The molecule has 1 saturated carbocycles. The van der Waals surface area contributed by atoms with Gasteiger partial charge in [0.15, 0.2) is 0 Å². The quantitative estimate of drug-likeness (QED) is 0.614. The zero-order chi connectivity index (χ0) is 17.1. The smallest absolute Gasteiger partial charge is 0.310 e. The summed E-state index contributed by atoms with van der Waals surface area (Å²) in [5.74, 6) is 2.46. The van der Waals surface area contributed by atoms with Crippen LogP contribution in [0.25, 0.3) is 6.08 Å². The minimum Gasteiger partial charge on any atom is -0.466 e. The maximum atomic E-state index is 12.3. The lowest BCUT2D eigenvalue weighted by atomic mass is 9.98. The molecule has 1 aromatic rings. The fraction of sp³-hybridized carbons (Fsp3) is 0.579. The highest BCUT2D eigenvalue weighted by Crippen LogP contribution is 2.47. The van der Waals surface area contributed by atoms with E-state index in [2.05, 4.69) is 6.92 Å². The summed E-state index contributed by atoms with van der Waals surface area (Å²) < 4.78 is 10.8. The zero-order valence-corrected chi connectivity index (χ0v) is 14.4. The molecule has 5 nitrogen and oxygen atoms in total. The molecule has 3 atom stereocenters. The second kappa shape index (κ2) is 7.24. The van der Waals surface area contributed by atoms with Crippen LogP contribution < -0.4 is 0 Å². The molecule has 1 aliphatic heterocycles. The predicted molar refractivity (Wildman–Crippen MR) is 90.2 cm³/mol. The van der Waals surface area contributed by atoms with Crippen molar-refractivity contribution in [3.63, 3.8) is 0 Å². The van der Waals surface area contributed by atoms with Crippen LogP contribution in [-0.4, -0.2) is 36.5 Å². The molecular weight excluding hydrogens is 306 g/mol. The number of likely N-dealkylation sites (tertiary alicyclic amines) is 1. The summed E-state index contributed by atoms with van der Waals surface area (Å²) in [6.07, 6.45) is 6.04. The van der Waals surface area contributed by atoms with Crippen LogP contribution >= 0.6 is 0 Å². The van der Waals surface area contributed by atoms with Gasteiger partial charge in [-0.05, 0) is 50.3 Å². The number of carbonyl (C=O) groups is 2. The van der Waals surface area contributed by atoms with Crippen molar-refractivity contribution in [3.05, 3.63) is 29.7 Å². The maximum absolute atomic E-state index is 12.3. The Bertz CT molecular complexity index is 633. The third-order valence-electron chi connectivity index (χ3n) is 4.87. The number of furan rings is 1. The van der Waals surface area contributed by atoms with Gasteiger partial charge in [0, 0.05) is 25.1 Å². The van der Waals surface area contributed by atoms with E-state index in [9.17, 15) is 9.59 Å². The maximum Gasteiger partial charge on any atom is 0.310 e. The molecule has 3 unspecified atom stereocenters. The molecule has 3 rings (SSSR count). The Hall–Kier alpha value is -2.04. The van der Waals surface area contributed by atoms with E-state index in [1.165, 1.54) is 12.5 Å². The first kappa shape index (κ1) is 16.8. The highest BCUT2D eigenvalue weighted by Gasteiger charge is 2.36. The average molecular weight is 331 g/mol. The molecule has 24 heavy (non-hydrogen) atoms. The van der Waals surface area contributed by atoms with Crippen LogP contribution in [0.4, 0.5) is 0 Å². The summed E-state index contributed by atoms with van der Waals surface area (Å²) in [7, 11) is 0. The summed E-state index contributed by atoms with van der Waals surface area (Å²) in [6, 6.07) is 3.90. The van der Waals surface area contributed by atoms with Gasteiger partial charge in [-0.2, -0.15) is 0 Å². The van der Waals surface area contributed by atoms with E-state index in [-0.39, 0.29) is 17.8 Å². The monoisotopic (exact) mass is 331 g/mol. The molecular formula is C19H25NO4. The molecule has 2 aliphatic rings.